The first kappa shape index (κ1) is 111. The highest BCUT2D eigenvalue weighted by molar-refractivity contribution is 7.84. The van der Waals surface area contributed by atoms with E-state index in [0.29, 0.717) is 0 Å². The summed E-state index contributed by atoms with van der Waals surface area (Å²) >= 11 is 0. The minimum atomic E-state index is -6.82. The summed E-state index contributed by atoms with van der Waals surface area (Å²) in [5.74, 6) is -5.02. The quantitative estimate of drug-likeness (QED) is 0.0199. The number of unbranched alkanes of at least 4 members (excludes halogenated alkanes) is 3. The molecule has 0 aromatic rings. The second-order valence-corrected chi connectivity index (χ2v) is 38.0. The molecule has 2 saturated heterocycles. The predicted molar refractivity (Wildman–Crippen MR) is 339 cm³/mol. The Bertz CT molecular complexity index is 5090. The van der Waals surface area contributed by atoms with Crippen molar-refractivity contribution in [1.29, 1.82) is 0 Å². The summed E-state index contributed by atoms with van der Waals surface area (Å²) in [6, 6.07) is 0. The van der Waals surface area contributed by atoms with Gasteiger partial charge >= 0.3 is 166 Å². The van der Waals surface area contributed by atoms with Crippen molar-refractivity contribution in [2.75, 3.05) is 39.5 Å². The van der Waals surface area contributed by atoms with E-state index in [2.05, 4.69) is 66.9 Å². The molecule has 702 valence electrons. The Hall–Kier alpha value is -3.30. The van der Waals surface area contributed by atoms with Crippen LogP contribution < -0.4 is 10.6 Å². The molecule has 18 atom stereocenters. The van der Waals surface area contributed by atoms with Gasteiger partial charge in [0.25, 0.3) is 11.8 Å². The van der Waals surface area contributed by atoms with Crippen LogP contribution in [0.15, 0.2) is 0 Å². The van der Waals surface area contributed by atoms with Crippen LogP contribution in [0.4, 0.5) is 0 Å². The fourth-order valence-corrected chi connectivity index (χ4v) is 16.0. The normalized spacial score (nSPS) is 24.0. The van der Waals surface area contributed by atoms with Crippen LogP contribution >= 0.6 is 0 Å². The summed E-state index contributed by atoms with van der Waals surface area (Å²) in [7, 11) is -104. The van der Waals surface area contributed by atoms with Crippen molar-refractivity contribution >= 4 is 178 Å². The number of amides is 2. The maximum absolute atomic E-state index is 14.1. The average Bonchev–Trinajstić information content (AvgIpc) is 0.766. The molecule has 2 heterocycles. The van der Waals surface area contributed by atoms with E-state index in [1.54, 1.807) is 10.6 Å². The van der Waals surface area contributed by atoms with Crippen LogP contribution in [-0.2, 0) is 262 Å². The van der Waals surface area contributed by atoms with Gasteiger partial charge in [0.2, 0.25) is 0 Å². The molecule has 0 aromatic heterocycles. The van der Waals surface area contributed by atoms with Crippen molar-refractivity contribution in [1.82, 2.24) is 10.6 Å². The monoisotopic (exact) mass is 2080 g/mol. The van der Waals surface area contributed by atoms with E-state index in [9.17, 15) is 217 Å². The van der Waals surface area contributed by atoms with Crippen molar-refractivity contribution in [3.63, 3.8) is 0 Å². The number of hydrogen-bond donors (Lipinski definition) is 18. The Morgan fingerprint density at radius 2 is 0.492 bits per heavy atom. The van der Waals surface area contributed by atoms with Crippen molar-refractivity contribution in [3.8, 4) is 0 Å². The van der Waals surface area contributed by atoms with Gasteiger partial charge in [0, 0.05) is 13.1 Å². The van der Waals surface area contributed by atoms with E-state index < -0.39 is 354 Å². The molecular weight excluding hydrogens is 2020 g/mol. The van der Waals surface area contributed by atoms with Gasteiger partial charge in [-0.2, -0.15) is 135 Å². The summed E-state index contributed by atoms with van der Waals surface area (Å²) in [5.41, 5.74) is 0. The number of ether oxygens (including phenoxy) is 4. The molecule has 18 N–H and O–H groups in total. The lowest BCUT2D eigenvalue weighted by Crippen LogP contribution is -2.65. The van der Waals surface area contributed by atoms with Gasteiger partial charge in [-0.1, -0.05) is 12.8 Å². The first-order valence-electron chi connectivity index (χ1n) is 27.8. The summed E-state index contributed by atoms with van der Waals surface area (Å²) in [6.07, 6.45) is -71.7. The zero-order chi connectivity index (χ0) is 92.2. The number of hydrogen-bond acceptors (Lipinski definition) is 54. The molecule has 88 heteroatoms. The Kier molecular flexibility index (Phi) is 39.7. The Balaban J connectivity index is 3.00. The fraction of sp³-hybridized carbons (Fsp3) is 0.933. The molecule has 72 nitrogen and oxygen atoms in total. The number of carbonyl (C=O) groups excluding carboxylic acids is 2. The van der Waals surface area contributed by atoms with Gasteiger partial charge in [-0.05, 0) is 12.8 Å². The van der Waals surface area contributed by atoms with Crippen LogP contribution in [0.1, 0.15) is 25.7 Å². The third kappa shape index (κ3) is 47.7. The zero-order valence-corrected chi connectivity index (χ0v) is 68.3. The van der Waals surface area contributed by atoms with Gasteiger partial charge in [0.05, 0.1) is 26.4 Å². The molecule has 1 unspecified atom stereocenters. The van der Waals surface area contributed by atoms with Crippen LogP contribution in [0.2, 0.25) is 0 Å². The first-order valence-corrected chi connectivity index (χ1v) is 49.6. The number of carbonyl (C=O) groups is 2. The molecule has 2 rings (SSSR count). The third-order valence-electron chi connectivity index (χ3n) is 12.3. The van der Waals surface area contributed by atoms with Crippen molar-refractivity contribution in [3.05, 3.63) is 0 Å². The van der Waals surface area contributed by atoms with E-state index in [1.165, 1.54) is 0 Å². The highest BCUT2D eigenvalue weighted by atomic mass is 32.3. The van der Waals surface area contributed by atoms with Gasteiger partial charge < -0.3 is 29.6 Å². The Morgan fingerprint density at radius 1 is 0.263 bits per heavy atom. The third-order valence-corrected chi connectivity index (χ3v) is 19.6. The summed E-state index contributed by atoms with van der Waals surface area (Å²) < 4.78 is 628. The maximum atomic E-state index is 14.1. The van der Waals surface area contributed by atoms with Crippen molar-refractivity contribution < 1.29 is 303 Å². The molecule has 2 amide bonds. The number of rotatable bonds is 55. The van der Waals surface area contributed by atoms with Crippen molar-refractivity contribution in [2.45, 2.75) is 136 Å². The van der Waals surface area contributed by atoms with Gasteiger partial charge in [0.15, 0.2) is 37.0 Å². The highest BCUT2D eigenvalue weighted by Crippen LogP contribution is 2.38. The average molecular weight is 2080 g/mol. The minimum absolute atomic E-state index is 0.639. The second kappa shape index (κ2) is 42.3. The topological polar surface area (TPSA) is 1110 Å². The highest BCUT2D eigenvalue weighted by Gasteiger charge is 2.60. The van der Waals surface area contributed by atoms with Gasteiger partial charge in [-0.15, -0.1) is 0 Å². The predicted octanol–water partition coefficient (Wildman–Crippen LogP) is -13.5. The smallest absolute Gasteiger partial charge is 0.354 e. The van der Waals surface area contributed by atoms with E-state index >= 15 is 0 Å². The summed E-state index contributed by atoms with van der Waals surface area (Å²) in [4.78, 5) is 28.1. The summed E-state index contributed by atoms with van der Waals surface area (Å²) in [5, 5.41) is 3.10. The molecule has 0 spiro atoms. The van der Waals surface area contributed by atoms with E-state index in [-0.39, 0.29) is 0 Å². The van der Waals surface area contributed by atoms with Crippen LogP contribution in [0.3, 0.4) is 0 Å². The Labute approximate surface area is 662 Å². The lowest BCUT2D eigenvalue weighted by atomic mass is 9.98. The Morgan fingerprint density at radius 3 is 0.712 bits per heavy atom. The van der Waals surface area contributed by atoms with E-state index in [0.717, 1.165) is 0 Å². The van der Waals surface area contributed by atoms with Crippen LogP contribution in [0.5, 0.6) is 0 Å². The first-order chi connectivity index (χ1) is 52.3. The summed E-state index contributed by atoms with van der Waals surface area (Å²) in [6.45, 7) is -12.2. The molecule has 2 fully saturated rings. The standard InChI is InChI=1S/C30H56N2O70S16/c33-27(23(99-115(71,72)73)19(95-111(59,60)61)15(13(91-107(47,48)49)9-85-105(41,42)43)89-29-25(101-117(77,78)79)21(97-113(65,66)67)17(93-109(53,54)55)11(87-29)7-83-103(35,36)37)31-5-3-1-2-4-6-32-28(34)24(100-116(74,75)76)20(96-112(62,63)64)16(14(92-108(50,51)52)10-86-106(44,45)46)90-30-26(102-118(80,81)82)22(98-114(68,69)70)18(94-110(56,57)58)12(88-30)8-84-104(38,39)40/h11-26,29-30H,1-10H2,(H,31,33)(H,32,34)(H,35,36,37)(H,38,39,40)(H,41,42,43)(H,44,45,46)(H,47,48,49)(H,50,51,52)(H,53,54,55)(H,56,57,58)(H,59,60,61)(H,62,63,64)(H,65,66,67)(H,68,69,70)(H,71,72,73)(H,74,75,76)(H,77,78,79)(H,80,81,82)/t11-,12+,13+,14-,15-,16-,17-,18-,19-,20-,21-,22-,23-,24+,25?,26-,29-,30+/m0/s1. The molecule has 0 radical (unpaired) electrons. The second-order valence-electron chi connectivity index (χ2n) is 21.1. The van der Waals surface area contributed by atoms with Crippen LogP contribution in [0.25, 0.3) is 0 Å². The zero-order valence-electron chi connectivity index (χ0n) is 55.2. The van der Waals surface area contributed by atoms with Gasteiger partial charge in [0.1, 0.15) is 73.2 Å². The molecule has 2 aliphatic heterocycles. The lowest BCUT2D eigenvalue weighted by Gasteiger charge is -2.45. The minimum Gasteiger partial charge on any atom is -0.354 e. The molecule has 2 aliphatic rings. The van der Waals surface area contributed by atoms with Gasteiger partial charge in [-0.25, -0.2) is 66.9 Å². The number of nitrogens with one attached hydrogen (secondary N) is 2. The molecule has 0 saturated carbocycles. The largest absolute Gasteiger partial charge is 0.398 e. The molecule has 0 aromatic carbocycles. The molecular formula is C30H56N2O70S16. The van der Waals surface area contributed by atoms with Gasteiger partial charge in [-0.3, -0.25) is 82.4 Å². The maximum Gasteiger partial charge on any atom is 0.398 e. The molecule has 0 aliphatic carbocycles. The molecule has 0 bridgehead atoms. The lowest BCUT2D eigenvalue weighted by molar-refractivity contribution is -0.312. The van der Waals surface area contributed by atoms with Crippen LogP contribution in [-0.4, -0.2) is 369 Å². The fourth-order valence-electron chi connectivity index (χ4n) is 8.91. The van der Waals surface area contributed by atoms with Crippen molar-refractivity contribution in [2.24, 2.45) is 0 Å². The SMILES string of the molecule is O=C(NCCCCCCNC(=O)[C@H](OS(=O)(=O)O)[C@@H](OS(=O)(=O)O)[C@@H](O[C@H]1O[C@H](COS(=O)(=O)O)[C@H](OS(=O)(=O)O)[C@H](OS(=O)(=O)O)[C@@H]1OS(=O)(=O)O)[C@H](COS(=O)(=O)O)OS(=O)(=O)O)[C@@H](OS(=O)(=O)O)[C@@H](OS(=O)(=O)O)[C@@H](O[C@@H]1O[C@@H](COS(=O)(=O)O)[C@H](OS(=O)(=O)O)[C@H](OS(=O)(=O)O)C1OS(=O)(=O)O)[C@@H](COS(=O)(=O)O)OS(=O)(=O)O. The van der Waals surface area contributed by atoms with Crippen LogP contribution in [0, 0.1) is 0 Å². The van der Waals surface area contributed by atoms with E-state index in [1.807, 2.05) is 0 Å². The molecule has 118 heavy (non-hydrogen) atoms. The van der Waals surface area contributed by atoms with E-state index in [4.69, 9.17) is 18.9 Å².